The van der Waals surface area contributed by atoms with Crippen molar-refractivity contribution < 1.29 is 5.11 Å². The van der Waals surface area contributed by atoms with Crippen molar-refractivity contribution in [1.82, 2.24) is 0 Å². The van der Waals surface area contributed by atoms with E-state index in [1.54, 1.807) is 12.1 Å². The SMILES string of the molecule is CCCCCCCCCCCCN(C)c1ccc(-c2c(O)c(=O)c2=O)cc1. The second-order valence-corrected chi connectivity index (χ2v) is 7.53. The minimum atomic E-state index is -0.785. The molecule has 2 aromatic carbocycles. The van der Waals surface area contributed by atoms with Crippen LogP contribution in [-0.2, 0) is 0 Å². The van der Waals surface area contributed by atoms with E-state index in [0.29, 0.717) is 5.56 Å². The first-order chi connectivity index (χ1) is 13.1. The Morgan fingerprint density at radius 1 is 0.778 bits per heavy atom. The van der Waals surface area contributed by atoms with Gasteiger partial charge in [-0.2, -0.15) is 0 Å². The molecule has 0 aliphatic carbocycles. The van der Waals surface area contributed by atoms with Crippen LogP contribution in [0.3, 0.4) is 0 Å². The third-order valence-corrected chi connectivity index (χ3v) is 5.33. The molecular weight excluding hydrogens is 338 g/mol. The molecule has 0 radical (unpaired) electrons. The van der Waals surface area contributed by atoms with Gasteiger partial charge in [0.25, 0.3) is 5.43 Å². The normalized spacial score (nSPS) is 11.2. The Balaban J connectivity index is 1.64. The lowest BCUT2D eigenvalue weighted by Crippen LogP contribution is -2.31. The number of anilines is 1. The minimum absolute atomic E-state index is 0.142. The monoisotopic (exact) mass is 371 g/mol. The quantitative estimate of drug-likeness (QED) is 0.397. The molecule has 0 aliphatic rings. The lowest BCUT2D eigenvalue weighted by molar-refractivity contribution is 0.465. The Morgan fingerprint density at radius 2 is 1.30 bits per heavy atom. The van der Waals surface area contributed by atoms with E-state index in [9.17, 15) is 14.7 Å². The van der Waals surface area contributed by atoms with E-state index in [2.05, 4.69) is 18.9 Å². The second-order valence-electron chi connectivity index (χ2n) is 7.53. The fraction of sp³-hybridized carbons (Fsp3) is 0.565. The van der Waals surface area contributed by atoms with Gasteiger partial charge in [-0.15, -0.1) is 0 Å². The largest absolute Gasteiger partial charge is 0.503 e. The van der Waals surface area contributed by atoms with Gasteiger partial charge in [-0.05, 0) is 24.1 Å². The maximum atomic E-state index is 11.5. The van der Waals surface area contributed by atoms with E-state index in [1.807, 2.05) is 12.1 Å². The van der Waals surface area contributed by atoms with Gasteiger partial charge in [0.1, 0.15) is 0 Å². The molecule has 0 bridgehead atoms. The number of unbranched alkanes of at least 4 members (excludes halogenated alkanes) is 9. The van der Waals surface area contributed by atoms with Crippen LogP contribution in [0.1, 0.15) is 71.1 Å². The summed E-state index contributed by atoms with van der Waals surface area (Å²) in [4.78, 5) is 24.9. The number of hydrogen-bond acceptors (Lipinski definition) is 4. The van der Waals surface area contributed by atoms with Gasteiger partial charge in [0, 0.05) is 19.3 Å². The highest BCUT2D eigenvalue weighted by Crippen LogP contribution is 2.26. The zero-order valence-electron chi connectivity index (χ0n) is 16.8. The molecule has 2 rings (SSSR count). The topological polar surface area (TPSA) is 57.6 Å². The highest BCUT2D eigenvalue weighted by atomic mass is 16.3. The van der Waals surface area contributed by atoms with Gasteiger partial charge in [0.15, 0.2) is 5.75 Å². The van der Waals surface area contributed by atoms with Crippen molar-refractivity contribution in [2.24, 2.45) is 0 Å². The van der Waals surface area contributed by atoms with E-state index in [1.165, 1.54) is 64.2 Å². The van der Waals surface area contributed by atoms with Crippen LogP contribution in [0.25, 0.3) is 11.1 Å². The summed E-state index contributed by atoms with van der Waals surface area (Å²) in [5.74, 6) is -0.411. The van der Waals surface area contributed by atoms with Crippen LogP contribution in [-0.4, -0.2) is 18.7 Å². The van der Waals surface area contributed by atoms with Crippen LogP contribution >= 0.6 is 0 Å². The molecule has 1 N–H and O–H groups in total. The van der Waals surface area contributed by atoms with Gasteiger partial charge in [-0.25, -0.2) is 0 Å². The van der Waals surface area contributed by atoms with E-state index in [4.69, 9.17) is 0 Å². The maximum Gasteiger partial charge on any atom is 0.268 e. The van der Waals surface area contributed by atoms with Crippen LogP contribution in [0.2, 0.25) is 0 Å². The highest BCUT2D eigenvalue weighted by molar-refractivity contribution is 5.74. The molecule has 0 saturated heterocycles. The Hall–Kier alpha value is -2.10. The molecule has 0 spiro atoms. The summed E-state index contributed by atoms with van der Waals surface area (Å²) in [6.07, 6.45) is 13.3. The second kappa shape index (κ2) is 10.9. The average molecular weight is 372 g/mol. The van der Waals surface area contributed by atoms with Crippen molar-refractivity contribution in [3.63, 3.8) is 0 Å². The molecule has 0 saturated carbocycles. The third kappa shape index (κ3) is 5.95. The maximum absolute atomic E-state index is 11.5. The van der Waals surface area contributed by atoms with Crippen LogP contribution < -0.4 is 15.8 Å². The van der Waals surface area contributed by atoms with E-state index < -0.39 is 16.6 Å². The van der Waals surface area contributed by atoms with Crippen molar-refractivity contribution in [2.45, 2.75) is 71.1 Å². The predicted molar refractivity (Wildman–Crippen MR) is 114 cm³/mol. The average Bonchev–Trinajstić information content (AvgIpc) is 2.69. The highest BCUT2D eigenvalue weighted by Gasteiger charge is 2.21. The summed E-state index contributed by atoms with van der Waals surface area (Å²) < 4.78 is 0. The Labute approximate surface area is 162 Å². The first kappa shape index (κ1) is 21.2. The molecule has 0 fully saturated rings. The molecule has 4 nitrogen and oxygen atoms in total. The Bertz CT molecular complexity index is 757. The molecule has 148 valence electrons. The molecule has 0 unspecified atom stereocenters. The number of nitrogens with zero attached hydrogens (tertiary/aromatic N) is 1. The standard InChI is InChI=1S/C23H33NO3/c1-3-4-5-6-7-8-9-10-11-12-17-24(2)19-15-13-18(14-16-19)20-21(25)23(27)22(20)26/h13-16,25H,3-12,17H2,1-2H3. The van der Waals surface area contributed by atoms with Crippen molar-refractivity contribution in [3.8, 4) is 16.9 Å². The predicted octanol–water partition coefficient (Wildman–Crippen LogP) is 5.01. The van der Waals surface area contributed by atoms with E-state index in [-0.39, 0.29) is 5.56 Å². The van der Waals surface area contributed by atoms with Crippen molar-refractivity contribution in [3.05, 3.63) is 44.7 Å². The van der Waals surface area contributed by atoms with Crippen molar-refractivity contribution in [2.75, 3.05) is 18.5 Å². The molecule has 0 aliphatic heterocycles. The van der Waals surface area contributed by atoms with Crippen LogP contribution in [0.15, 0.2) is 33.9 Å². The number of rotatable bonds is 13. The summed E-state index contributed by atoms with van der Waals surface area (Å²) >= 11 is 0. The van der Waals surface area contributed by atoms with Gasteiger partial charge < -0.3 is 10.0 Å². The van der Waals surface area contributed by atoms with E-state index >= 15 is 0 Å². The molecule has 2 aromatic rings. The first-order valence-electron chi connectivity index (χ1n) is 10.4. The van der Waals surface area contributed by atoms with Crippen LogP contribution in [0.4, 0.5) is 5.69 Å². The number of hydrogen-bond donors (Lipinski definition) is 1. The summed E-state index contributed by atoms with van der Waals surface area (Å²) in [5, 5.41) is 9.54. The van der Waals surface area contributed by atoms with Gasteiger partial charge in [0.2, 0.25) is 5.43 Å². The van der Waals surface area contributed by atoms with Gasteiger partial charge >= 0.3 is 0 Å². The zero-order valence-corrected chi connectivity index (χ0v) is 16.8. The Kier molecular flexibility index (Phi) is 8.56. The fourth-order valence-corrected chi connectivity index (χ4v) is 3.50. The van der Waals surface area contributed by atoms with Gasteiger partial charge in [0.05, 0.1) is 5.56 Å². The molecule has 0 atom stereocenters. The lowest BCUT2D eigenvalue weighted by Gasteiger charge is -2.19. The first-order valence-corrected chi connectivity index (χ1v) is 10.4. The van der Waals surface area contributed by atoms with Gasteiger partial charge in [-0.3, -0.25) is 9.59 Å². The van der Waals surface area contributed by atoms with E-state index in [0.717, 1.165) is 12.2 Å². The number of aromatic hydroxyl groups is 1. The third-order valence-electron chi connectivity index (χ3n) is 5.33. The van der Waals surface area contributed by atoms with Crippen LogP contribution in [0, 0.1) is 0 Å². The summed E-state index contributed by atoms with van der Waals surface area (Å²) in [5.41, 5.74) is 0.441. The molecule has 0 aromatic heterocycles. The smallest absolute Gasteiger partial charge is 0.268 e. The molecule has 4 heteroatoms. The summed E-state index contributed by atoms with van der Waals surface area (Å²) in [6, 6.07) is 7.45. The van der Waals surface area contributed by atoms with Crippen molar-refractivity contribution >= 4 is 5.69 Å². The molecular formula is C23H33NO3. The molecule has 0 heterocycles. The minimum Gasteiger partial charge on any atom is -0.503 e. The molecule has 0 amide bonds. The van der Waals surface area contributed by atoms with Crippen molar-refractivity contribution in [1.29, 1.82) is 0 Å². The Morgan fingerprint density at radius 3 is 1.81 bits per heavy atom. The van der Waals surface area contributed by atoms with Gasteiger partial charge in [-0.1, -0.05) is 76.8 Å². The zero-order chi connectivity index (χ0) is 19.6. The number of benzene rings is 1. The fourth-order valence-electron chi connectivity index (χ4n) is 3.50. The summed E-state index contributed by atoms with van der Waals surface area (Å²) in [6.45, 7) is 3.26. The summed E-state index contributed by atoms with van der Waals surface area (Å²) in [7, 11) is 2.07. The lowest BCUT2D eigenvalue weighted by atomic mass is 10.00. The van der Waals surface area contributed by atoms with Crippen LogP contribution in [0.5, 0.6) is 5.75 Å². The molecule has 27 heavy (non-hydrogen) atoms.